The number of aromatic nitrogens is 4. The lowest BCUT2D eigenvalue weighted by Crippen LogP contribution is -2.14. The molecule has 2 aromatic heterocycles. The third-order valence-corrected chi connectivity index (χ3v) is 4.35. The Balaban J connectivity index is 1.58. The third kappa shape index (κ3) is 4.25. The first kappa shape index (κ1) is 16.8. The maximum atomic E-state index is 12.0. The van der Waals surface area contributed by atoms with Gasteiger partial charge in [-0.15, -0.1) is 5.10 Å². The minimum Gasteiger partial charge on any atom is -0.323 e. The summed E-state index contributed by atoms with van der Waals surface area (Å²) in [6.07, 6.45) is 1.55. The van der Waals surface area contributed by atoms with E-state index >= 15 is 0 Å². The number of thioether (sulfide) groups is 1. The fraction of sp³-hybridized carbons (Fsp3) is 0.0667. The van der Waals surface area contributed by atoms with Gasteiger partial charge in [0.2, 0.25) is 11.1 Å². The van der Waals surface area contributed by atoms with Gasteiger partial charge in [0.15, 0.2) is 11.0 Å². The molecule has 0 spiro atoms. The summed E-state index contributed by atoms with van der Waals surface area (Å²) < 4.78 is 0. The maximum absolute atomic E-state index is 12.0. The first-order chi connectivity index (χ1) is 11.6. The lowest BCUT2D eigenvalue weighted by Gasteiger charge is -2.04. The van der Waals surface area contributed by atoms with Crippen LogP contribution >= 0.6 is 35.0 Å². The number of pyridine rings is 1. The third-order valence-electron chi connectivity index (χ3n) is 2.95. The molecule has 3 rings (SSSR count). The normalized spacial score (nSPS) is 10.6. The molecule has 1 amide bonds. The van der Waals surface area contributed by atoms with E-state index in [1.807, 2.05) is 12.1 Å². The quantitative estimate of drug-likeness (QED) is 0.518. The van der Waals surface area contributed by atoms with E-state index in [1.54, 1.807) is 30.5 Å². The predicted octanol–water partition coefficient (Wildman–Crippen LogP) is 3.90. The number of nitrogens with one attached hydrogen (secondary N) is 2. The van der Waals surface area contributed by atoms with Crippen molar-refractivity contribution < 1.29 is 4.79 Å². The number of H-pyrrole nitrogens is 1. The van der Waals surface area contributed by atoms with E-state index in [2.05, 4.69) is 25.5 Å². The minimum atomic E-state index is -0.215. The highest BCUT2D eigenvalue weighted by Crippen LogP contribution is 2.22. The second-order valence-corrected chi connectivity index (χ2v) is 6.39. The Hall–Kier alpha value is -2.09. The molecule has 1 aromatic carbocycles. The maximum Gasteiger partial charge on any atom is 0.234 e. The molecule has 24 heavy (non-hydrogen) atoms. The van der Waals surface area contributed by atoms with Crippen molar-refractivity contribution in [3.63, 3.8) is 0 Å². The Kier molecular flexibility index (Phi) is 5.34. The minimum absolute atomic E-state index is 0.156. The van der Waals surface area contributed by atoms with Crippen LogP contribution in [-0.4, -0.2) is 31.8 Å². The standard InChI is InChI=1S/C15H11Cl2N5OS/c16-10-5-3-9(4-6-10)14-20-15(22-21-14)24-8-12(23)19-11-2-1-7-18-13(11)17/h1-7H,8H2,(H,19,23)(H,20,21,22). The highest BCUT2D eigenvalue weighted by Gasteiger charge is 2.10. The molecule has 2 heterocycles. The number of halogens is 2. The molecule has 0 radical (unpaired) electrons. The molecular formula is C15H11Cl2N5OS. The van der Waals surface area contributed by atoms with Crippen molar-refractivity contribution in [2.45, 2.75) is 5.16 Å². The monoisotopic (exact) mass is 379 g/mol. The second-order valence-electron chi connectivity index (χ2n) is 4.65. The average Bonchev–Trinajstić information content (AvgIpc) is 3.05. The van der Waals surface area contributed by atoms with Crippen LogP contribution in [0, 0.1) is 0 Å². The summed E-state index contributed by atoms with van der Waals surface area (Å²) in [5, 5.41) is 11.0. The number of carbonyl (C=O) groups excluding carboxylic acids is 1. The van der Waals surface area contributed by atoms with E-state index in [0.717, 1.165) is 5.56 Å². The van der Waals surface area contributed by atoms with Gasteiger partial charge in [0.25, 0.3) is 0 Å². The van der Waals surface area contributed by atoms with E-state index in [9.17, 15) is 4.79 Å². The van der Waals surface area contributed by atoms with Gasteiger partial charge in [-0.2, -0.15) is 0 Å². The van der Waals surface area contributed by atoms with Crippen molar-refractivity contribution in [3.8, 4) is 11.4 Å². The highest BCUT2D eigenvalue weighted by molar-refractivity contribution is 7.99. The molecule has 6 nitrogen and oxygen atoms in total. The predicted molar refractivity (Wildman–Crippen MR) is 95.4 cm³/mol. The van der Waals surface area contributed by atoms with Gasteiger partial charge >= 0.3 is 0 Å². The van der Waals surface area contributed by atoms with Crippen molar-refractivity contribution in [2.75, 3.05) is 11.1 Å². The summed E-state index contributed by atoms with van der Waals surface area (Å²) in [4.78, 5) is 20.2. The van der Waals surface area contributed by atoms with E-state index in [4.69, 9.17) is 23.2 Å². The molecule has 0 fully saturated rings. The first-order valence-corrected chi connectivity index (χ1v) is 8.57. The topological polar surface area (TPSA) is 83.6 Å². The molecule has 3 aromatic rings. The van der Waals surface area contributed by atoms with Crippen molar-refractivity contribution in [2.24, 2.45) is 0 Å². The summed E-state index contributed by atoms with van der Waals surface area (Å²) in [7, 11) is 0. The van der Waals surface area contributed by atoms with Crippen molar-refractivity contribution >= 4 is 46.6 Å². The summed E-state index contributed by atoms with van der Waals surface area (Å²) in [6, 6.07) is 10.6. The molecule has 0 aliphatic carbocycles. The lowest BCUT2D eigenvalue weighted by atomic mass is 10.2. The van der Waals surface area contributed by atoms with Gasteiger partial charge in [-0.25, -0.2) is 9.97 Å². The van der Waals surface area contributed by atoms with Crippen LogP contribution in [0.5, 0.6) is 0 Å². The number of hydrogen-bond donors (Lipinski definition) is 2. The van der Waals surface area contributed by atoms with E-state index in [1.165, 1.54) is 11.8 Å². The number of anilines is 1. The molecule has 0 unspecified atom stereocenters. The van der Waals surface area contributed by atoms with Gasteiger partial charge in [-0.1, -0.05) is 35.0 Å². The Morgan fingerprint density at radius 1 is 1.21 bits per heavy atom. The molecule has 0 bridgehead atoms. The first-order valence-electron chi connectivity index (χ1n) is 6.83. The summed E-state index contributed by atoms with van der Waals surface area (Å²) >= 11 is 13.0. The van der Waals surface area contributed by atoms with Crippen molar-refractivity contribution in [1.82, 2.24) is 20.2 Å². The van der Waals surface area contributed by atoms with Crippen LogP contribution in [-0.2, 0) is 4.79 Å². The molecule has 0 saturated heterocycles. The molecule has 9 heteroatoms. The summed E-state index contributed by atoms with van der Waals surface area (Å²) in [6.45, 7) is 0. The van der Waals surface area contributed by atoms with Gasteiger partial charge < -0.3 is 5.32 Å². The molecular weight excluding hydrogens is 369 g/mol. The van der Waals surface area contributed by atoms with Gasteiger partial charge in [-0.05, 0) is 36.4 Å². The van der Waals surface area contributed by atoms with Crippen LogP contribution in [0.2, 0.25) is 10.2 Å². The molecule has 0 aliphatic heterocycles. The second kappa shape index (κ2) is 7.65. The SMILES string of the molecule is O=C(CSc1n[nH]c(-c2ccc(Cl)cc2)n1)Nc1cccnc1Cl. The van der Waals surface area contributed by atoms with Gasteiger partial charge in [0, 0.05) is 16.8 Å². The number of carbonyl (C=O) groups is 1. The largest absolute Gasteiger partial charge is 0.323 e. The Bertz CT molecular complexity index is 853. The Morgan fingerprint density at radius 3 is 2.75 bits per heavy atom. The number of benzene rings is 1. The fourth-order valence-electron chi connectivity index (χ4n) is 1.84. The Labute approximate surface area is 152 Å². The molecule has 0 aliphatic rings. The zero-order chi connectivity index (χ0) is 16.9. The molecule has 2 N–H and O–H groups in total. The van der Waals surface area contributed by atoms with Crippen LogP contribution < -0.4 is 5.32 Å². The zero-order valence-electron chi connectivity index (χ0n) is 12.2. The summed E-state index contributed by atoms with van der Waals surface area (Å²) in [5.74, 6) is 0.556. The van der Waals surface area contributed by atoms with Crippen molar-refractivity contribution in [3.05, 3.63) is 52.8 Å². The number of aromatic amines is 1. The van der Waals surface area contributed by atoms with Crippen molar-refractivity contribution in [1.29, 1.82) is 0 Å². The molecule has 0 saturated carbocycles. The van der Waals surface area contributed by atoms with Gasteiger partial charge in [-0.3, -0.25) is 9.89 Å². The van der Waals surface area contributed by atoms with E-state index in [-0.39, 0.29) is 16.8 Å². The fourth-order valence-corrected chi connectivity index (χ4v) is 2.73. The van der Waals surface area contributed by atoms with Crippen LogP contribution in [0.3, 0.4) is 0 Å². The van der Waals surface area contributed by atoms with Gasteiger partial charge in [0.05, 0.1) is 11.4 Å². The van der Waals surface area contributed by atoms with E-state index in [0.29, 0.717) is 21.7 Å². The van der Waals surface area contributed by atoms with Gasteiger partial charge in [0.1, 0.15) is 0 Å². The number of nitrogens with zero attached hydrogens (tertiary/aromatic N) is 3. The molecule has 122 valence electrons. The van der Waals surface area contributed by atoms with Crippen LogP contribution in [0.1, 0.15) is 0 Å². The smallest absolute Gasteiger partial charge is 0.234 e. The molecule has 0 atom stereocenters. The Morgan fingerprint density at radius 2 is 2.00 bits per heavy atom. The lowest BCUT2D eigenvalue weighted by molar-refractivity contribution is -0.113. The van der Waals surface area contributed by atoms with Crippen LogP contribution in [0.15, 0.2) is 47.8 Å². The number of hydrogen-bond acceptors (Lipinski definition) is 5. The van der Waals surface area contributed by atoms with E-state index < -0.39 is 0 Å². The average molecular weight is 380 g/mol. The van der Waals surface area contributed by atoms with Crippen LogP contribution in [0.4, 0.5) is 5.69 Å². The summed E-state index contributed by atoms with van der Waals surface area (Å²) in [5.41, 5.74) is 1.34. The van der Waals surface area contributed by atoms with Crippen LogP contribution in [0.25, 0.3) is 11.4 Å². The number of amides is 1. The number of rotatable bonds is 5. The zero-order valence-corrected chi connectivity index (χ0v) is 14.5. The highest BCUT2D eigenvalue weighted by atomic mass is 35.5.